The highest BCUT2D eigenvalue weighted by Crippen LogP contribution is 2.17. The molecule has 23 heavy (non-hydrogen) atoms. The molecule has 6 nitrogen and oxygen atoms in total. The lowest BCUT2D eigenvalue weighted by Crippen LogP contribution is -2.42. The largest absolute Gasteiger partial charge is 0.341 e. The predicted octanol–water partition coefficient (Wildman–Crippen LogP) is 2.45. The highest BCUT2D eigenvalue weighted by atomic mass is 35.5. The van der Waals surface area contributed by atoms with E-state index in [4.69, 9.17) is 11.6 Å². The average molecular weight is 335 g/mol. The average Bonchev–Trinajstić information content (AvgIpc) is 2.74. The first-order valence-electron chi connectivity index (χ1n) is 7.17. The molecule has 1 aromatic heterocycles. The smallest absolute Gasteiger partial charge is 0.251 e. The molecule has 0 saturated carbocycles. The fourth-order valence-corrected chi connectivity index (χ4v) is 2.24. The number of nitrogens with zero attached hydrogens (tertiary/aromatic N) is 2. The van der Waals surface area contributed by atoms with Crippen LogP contribution in [0.3, 0.4) is 0 Å². The summed E-state index contributed by atoms with van der Waals surface area (Å²) in [6.07, 6.45) is 0. The third-order valence-electron chi connectivity index (χ3n) is 3.61. The fourth-order valence-electron chi connectivity index (χ4n) is 2.11. The molecule has 0 fully saturated rings. The van der Waals surface area contributed by atoms with E-state index in [2.05, 4.69) is 15.7 Å². The van der Waals surface area contributed by atoms with E-state index in [1.165, 1.54) is 0 Å². The molecule has 0 aliphatic heterocycles. The molecule has 1 aromatic carbocycles. The normalized spacial score (nSPS) is 11.9. The molecule has 2 N–H and O–H groups in total. The maximum Gasteiger partial charge on any atom is 0.251 e. The van der Waals surface area contributed by atoms with Gasteiger partial charge in [0.25, 0.3) is 5.91 Å². The van der Waals surface area contributed by atoms with E-state index in [0.717, 1.165) is 11.3 Å². The second-order valence-corrected chi connectivity index (χ2v) is 5.81. The number of anilines is 1. The minimum atomic E-state index is -0.687. The molecule has 122 valence electrons. The zero-order chi connectivity index (χ0) is 17.1. The van der Waals surface area contributed by atoms with Crippen LogP contribution in [0.4, 0.5) is 5.82 Å². The number of halogens is 1. The summed E-state index contributed by atoms with van der Waals surface area (Å²) in [6, 6.07) is 5.78. The highest BCUT2D eigenvalue weighted by Gasteiger charge is 2.19. The van der Waals surface area contributed by atoms with E-state index < -0.39 is 6.04 Å². The Kier molecular flexibility index (Phi) is 5.05. The number of carbonyl (C=O) groups excluding carboxylic acids is 2. The van der Waals surface area contributed by atoms with E-state index >= 15 is 0 Å². The Bertz CT molecular complexity index is 737. The van der Waals surface area contributed by atoms with Crippen LogP contribution >= 0.6 is 11.6 Å². The third kappa shape index (κ3) is 3.90. The molecule has 0 bridgehead atoms. The molecule has 0 radical (unpaired) electrons. The summed E-state index contributed by atoms with van der Waals surface area (Å²) in [5.74, 6) is -0.0132. The molecule has 0 saturated heterocycles. The van der Waals surface area contributed by atoms with Gasteiger partial charge in [-0.2, -0.15) is 5.10 Å². The zero-order valence-electron chi connectivity index (χ0n) is 13.5. The van der Waals surface area contributed by atoms with E-state index in [1.54, 1.807) is 42.9 Å². The number of aryl methyl sites for hydroxylation is 2. The van der Waals surface area contributed by atoms with E-state index in [9.17, 15) is 9.59 Å². The monoisotopic (exact) mass is 334 g/mol. The number of hydrogen-bond donors (Lipinski definition) is 2. The second-order valence-electron chi connectivity index (χ2n) is 5.37. The minimum Gasteiger partial charge on any atom is -0.341 e. The maximum absolute atomic E-state index is 12.3. The summed E-state index contributed by atoms with van der Waals surface area (Å²) in [4.78, 5) is 24.4. The minimum absolute atomic E-state index is 0.307. The van der Waals surface area contributed by atoms with Gasteiger partial charge in [-0.05, 0) is 45.0 Å². The first-order valence-corrected chi connectivity index (χ1v) is 7.55. The maximum atomic E-state index is 12.3. The Morgan fingerprint density at radius 2 is 1.83 bits per heavy atom. The van der Waals surface area contributed by atoms with Crippen LogP contribution in [0.15, 0.2) is 24.3 Å². The number of benzene rings is 1. The van der Waals surface area contributed by atoms with Crippen molar-refractivity contribution in [2.75, 3.05) is 5.32 Å². The van der Waals surface area contributed by atoms with Gasteiger partial charge < -0.3 is 10.6 Å². The zero-order valence-corrected chi connectivity index (χ0v) is 14.2. The molecule has 0 aliphatic carbocycles. The van der Waals surface area contributed by atoms with Crippen LogP contribution in [0.1, 0.15) is 28.5 Å². The van der Waals surface area contributed by atoms with Gasteiger partial charge in [0.15, 0.2) is 0 Å². The molecule has 2 aromatic rings. The van der Waals surface area contributed by atoms with Crippen molar-refractivity contribution in [1.82, 2.24) is 15.1 Å². The number of aromatic nitrogens is 2. The summed E-state index contributed by atoms with van der Waals surface area (Å²) >= 11 is 5.79. The quantitative estimate of drug-likeness (QED) is 0.901. The van der Waals surface area contributed by atoms with E-state index in [-0.39, 0.29) is 11.8 Å². The summed E-state index contributed by atoms with van der Waals surface area (Å²) in [7, 11) is 1.76. The van der Waals surface area contributed by atoms with Crippen LogP contribution in [0, 0.1) is 13.8 Å². The Morgan fingerprint density at radius 3 is 2.35 bits per heavy atom. The first-order chi connectivity index (χ1) is 10.8. The van der Waals surface area contributed by atoms with Crippen molar-refractivity contribution < 1.29 is 9.59 Å². The van der Waals surface area contributed by atoms with Gasteiger partial charge in [0.05, 0.1) is 5.69 Å². The van der Waals surface area contributed by atoms with Crippen molar-refractivity contribution in [1.29, 1.82) is 0 Å². The molecule has 2 rings (SSSR count). The Morgan fingerprint density at radius 1 is 1.22 bits per heavy atom. The molecular weight excluding hydrogens is 316 g/mol. The van der Waals surface area contributed by atoms with Crippen LogP contribution in [-0.4, -0.2) is 27.6 Å². The van der Waals surface area contributed by atoms with Crippen LogP contribution in [0.5, 0.6) is 0 Å². The fraction of sp³-hybridized carbons (Fsp3) is 0.312. The number of amides is 2. The van der Waals surface area contributed by atoms with Crippen molar-refractivity contribution in [2.45, 2.75) is 26.8 Å². The molecule has 2 amide bonds. The standard InChI is InChI=1S/C16H19ClN4O2/c1-9-10(2)20-21(4)14(9)19-15(22)11(3)18-16(23)12-5-7-13(17)8-6-12/h5-8,11H,1-4H3,(H,18,23)(H,19,22)/t11-/m1/s1. The predicted molar refractivity (Wildman–Crippen MR) is 89.7 cm³/mol. The van der Waals surface area contributed by atoms with Gasteiger partial charge in [0.2, 0.25) is 5.91 Å². The van der Waals surface area contributed by atoms with E-state index in [0.29, 0.717) is 16.4 Å². The summed E-state index contributed by atoms with van der Waals surface area (Å²) in [5.41, 5.74) is 2.19. The second kappa shape index (κ2) is 6.83. The summed E-state index contributed by atoms with van der Waals surface area (Å²) in [6.45, 7) is 5.38. The highest BCUT2D eigenvalue weighted by molar-refractivity contribution is 6.30. The Hall–Kier alpha value is -2.34. The van der Waals surface area contributed by atoms with Crippen molar-refractivity contribution in [3.05, 3.63) is 46.1 Å². The summed E-state index contributed by atoms with van der Waals surface area (Å²) in [5, 5.41) is 10.2. The van der Waals surface area contributed by atoms with Gasteiger partial charge in [-0.15, -0.1) is 0 Å². The third-order valence-corrected chi connectivity index (χ3v) is 3.86. The van der Waals surface area contributed by atoms with Crippen LogP contribution < -0.4 is 10.6 Å². The SMILES string of the molecule is Cc1nn(C)c(NC(=O)[C@@H](C)NC(=O)c2ccc(Cl)cc2)c1C. The van der Waals surface area contributed by atoms with Gasteiger partial charge in [-0.1, -0.05) is 11.6 Å². The number of rotatable bonds is 4. The molecular formula is C16H19ClN4O2. The van der Waals surface area contributed by atoms with Crippen LogP contribution in [0.2, 0.25) is 5.02 Å². The van der Waals surface area contributed by atoms with Crippen LogP contribution in [0.25, 0.3) is 0 Å². The Balaban J connectivity index is 2.02. The first kappa shape index (κ1) is 17.0. The molecule has 0 spiro atoms. The molecule has 0 unspecified atom stereocenters. The van der Waals surface area contributed by atoms with Gasteiger partial charge in [0.1, 0.15) is 11.9 Å². The summed E-state index contributed by atoms with van der Waals surface area (Å²) < 4.78 is 1.61. The van der Waals surface area contributed by atoms with Gasteiger partial charge in [0, 0.05) is 23.2 Å². The molecule has 1 heterocycles. The van der Waals surface area contributed by atoms with Crippen molar-refractivity contribution in [3.63, 3.8) is 0 Å². The lowest BCUT2D eigenvalue weighted by atomic mass is 10.2. The topological polar surface area (TPSA) is 76.0 Å². The van der Waals surface area contributed by atoms with Crippen molar-refractivity contribution in [3.8, 4) is 0 Å². The number of hydrogen-bond acceptors (Lipinski definition) is 3. The van der Waals surface area contributed by atoms with Crippen molar-refractivity contribution in [2.24, 2.45) is 7.05 Å². The van der Waals surface area contributed by atoms with Gasteiger partial charge >= 0.3 is 0 Å². The van der Waals surface area contributed by atoms with Gasteiger partial charge in [-0.25, -0.2) is 0 Å². The van der Waals surface area contributed by atoms with Crippen molar-refractivity contribution >= 4 is 29.2 Å². The van der Waals surface area contributed by atoms with Gasteiger partial charge in [-0.3, -0.25) is 14.3 Å². The number of nitrogens with one attached hydrogen (secondary N) is 2. The lowest BCUT2D eigenvalue weighted by molar-refractivity contribution is -0.117. The number of carbonyl (C=O) groups is 2. The van der Waals surface area contributed by atoms with E-state index in [1.807, 2.05) is 13.8 Å². The van der Waals surface area contributed by atoms with Crippen LogP contribution in [-0.2, 0) is 11.8 Å². The molecule has 7 heteroatoms. The Labute approximate surface area is 139 Å². The molecule has 0 aliphatic rings. The molecule has 1 atom stereocenters. The lowest BCUT2D eigenvalue weighted by Gasteiger charge is -2.15.